The number of halogens is 1. The van der Waals surface area contributed by atoms with E-state index in [-0.39, 0.29) is 24.8 Å². The van der Waals surface area contributed by atoms with Crippen molar-refractivity contribution in [3.8, 4) is 0 Å². The van der Waals surface area contributed by atoms with Gasteiger partial charge in [-0.05, 0) is 58.2 Å². The fourth-order valence-electron chi connectivity index (χ4n) is 2.94. The molecule has 1 fully saturated rings. The van der Waals surface area contributed by atoms with Crippen molar-refractivity contribution >= 4 is 39.5 Å². The number of nitrogens with one attached hydrogen (secondary N) is 2. The Balaban J connectivity index is 1.82. The highest BCUT2D eigenvalue weighted by atomic mass is 79.9. The lowest BCUT2D eigenvalue weighted by molar-refractivity contribution is -0.125. The zero-order valence-electron chi connectivity index (χ0n) is 16.8. The van der Waals surface area contributed by atoms with Gasteiger partial charge in [-0.1, -0.05) is 22.0 Å². The highest BCUT2D eigenvalue weighted by Gasteiger charge is 2.36. The van der Waals surface area contributed by atoms with Crippen molar-refractivity contribution in [3.05, 3.63) is 28.2 Å². The van der Waals surface area contributed by atoms with E-state index in [1.807, 2.05) is 25.1 Å². The number of rotatable bonds is 5. The number of aryl methyl sites for hydroxylation is 1. The Kier molecular flexibility index (Phi) is 7.46. The van der Waals surface area contributed by atoms with E-state index in [2.05, 4.69) is 26.6 Å². The van der Waals surface area contributed by atoms with E-state index in [1.54, 1.807) is 20.8 Å². The van der Waals surface area contributed by atoms with Crippen molar-refractivity contribution in [2.45, 2.75) is 58.6 Å². The highest BCUT2D eigenvalue weighted by Crippen LogP contribution is 2.22. The summed E-state index contributed by atoms with van der Waals surface area (Å²) in [6.45, 7) is 7.99. The first-order chi connectivity index (χ1) is 13.1. The van der Waals surface area contributed by atoms with Gasteiger partial charge in [0, 0.05) is 29.7 Å². The largest absolute Gasteiger partial charge is 0.444 e. The van der Waals surface area contributed by atoms with Crippen molar-refractivity contribution in [2.75, 3.05) is 18.4 Å². The van der Waals surface area contributed by atoms with Gasteiger partial charge >= 0.3 is 6.09 Å². The van der Waals surface area contributed by atoms with Gasteiger partial charge in [-0.2, -0.15) is 0 Å². The molecule has 1 aromatic rings. The van der Waals surface area contributed by atoms with Gasteiger partial charge in [-0.25, -0.2) is 4.79 Å². The zero-order chi connectivity index (χ0) is 20.9. The lowest BCUT2D eigenvalue weighted by atomic mass is 10.2. The second-order valence-corrected chi connectivity index (χ2v) is 8.80. The number of amides is 3. The summed E-state index contributed by atoms with van der Waals surface area (Å²) in [5.41, 5.74) is 1.08. The maximum absolute atomic E-state index is 12.5. The summed E-state index contributed by atoms with van der Waals surface area (Å²) in [6.07, 6.45) is 1.01. The fourth-order valence-corrected chi connectivity index (χ4v) is 3.30. The van der Waals surface area contributed by atoms with Crippen LogP contribution in [-0.2, 0) is 14.3 Å². The van der Waals surface area contributed by atoms with Crippen LogP contribution in [0.3, 0.4) is 0 Å². The summed E-state index contributed by atoms with van der Waals surface area (Å²) >= 11 is 3.38. The summed E-state index contributed by atoms with van der Waals surface area (Å²) in [5.74, 6) is -0.438. The lowest BCUT2D eigenvalue weighted by Gasteiger charge is -2.28. The molecule has 1 atom stereocenters. The number of hydrogen-bond donors (Lipinski definition) is 2. The monoisotopic (exact) mass is 453 g/mol. The molecule has 28 heavy (non-hydrogen) atoms. The predicted octanol–water partition coefficient (Wildman–Crippen LogP) is 3.60. The average Bonchev–Trinajstić information content (AvgIpc) is 3.06. The van der Waals surface area contributed by atoms with Crippen LogP contribution >= 0.6 is 15.9 Å². The Morgan fingerprint density at radius 1 is 1.29 bits per heavy atom. The Labute approximate surface area is 174 Å². The van der Waals surface area contributed by atoms with Gasteiger partial charge in [0.15, 0.2) is 0 Å². The summed E-state index contributed by atoms with van der Waals surface area (Å²) < 4.78 is 6.25. The molecule has 154 valence electrons. The van der Waals surface area contributed by atoms with Gasteiger partial charge in [0.25, 0.3) is 0 Å². The summed E-state index contributed by atoms with van der Waals surface area (Å²) in [7, 11) is 0. The Morgan fingerprint density at radius 2 is 2.00 bits per heavy atom. The maximum Gasteiger partial charge on any atom is 0.410 e. The summed E-state index contributed by atoms with van der Waals surface area (Å²) in [4.78, 5) is 38.4. The molecule has 2 rings (SSSR count). The molecule has 0 spiro atoms. The second kappa shape index (κ2) is 9.41. The minimum absolute atomic E-state index is 0.150. The summed E-state index contributed by atoms with van der Waals surface area (Å²) in [6, 6.07) is 5.10. The van der Waals surface area contributed by atoms with E-state index in [0.717, 1.165) is 22.1 Å². The Bertz CT molecular complexity index is 745. The van der Waals surface area contributed by atoms with E-state index in [4.69, 9.17) is 4.74 Å². The standard InChI is InChI=1S/C20H28BrN3O4/c1-13-7-8-14(21)12-15(13)23-17(25)9-10-22-18(26)16-6-5-11-24(16)19(27)28-20(2,3)4/h7-8,12,16H,5-6,9-11H2,1-4H3,(H,22,26)(H,23,25). The van der Waals surface area contributed by atoms with Gasteiger partial charge in [-0.15, -0.1) is 0 Å². The highest BCUT2D eigenvalue weighted by molar-refractivity contribution is 9.10. The Morgan fingerprint density at radius 3 is 2.68 bits per heavy atom. The molecule has 1 unspecified atom stereocenters. The minimum Gasteiger partial charge on any atom is -0.444 e. The topological polar surface area (TPSA) is 87.7 Å². The molecule has 3 amide bonds. The fraction of sp³-hybridized carbons (Fsp3) is 0.550. The smallest absolute Gasteiger partial charge is 0.410 e. The van der Waals surface area contributed by atoms with Crippen LogP contribution in [0.1, 0.15) is 45.6 Å². The molecule has 2 N–H and O–H groups in total. The van der Waals surface area contributed by atoms with Crippen LogP contribution < -0.4 is 10.6 Å². The lowest BCUT2D eigenvalue weighted by Crippen LogP contribution is -2.47. The van der Waals surface area contributed by atoms with Crippen LogP contribution in [0.4, 0.5) is 10.5 Å². The first-order valence-corrected chi connectivity index (χ1v) is 10.2. The van der Waals surface area contributed by atoms with E-state index in [9.17, 15) is 14.4 Å². The summed E-state index contributed by atoms with van der Waals surface area (Å²) in [5, 5.41) is 5.60. The van der Waals surface area contributed by atoms with Crippen molar-refractivity contribution in [1.29, 1.82) is 0 Å². The number of nitrogens with zero attached hydrogens (tertiary/aromatic N) is 1. The van der Waals surface area contributed by atoms with Gasteiger partial charge in [-0.3, -0.25) is 14.5 Å². The second-order valence-electron chi connectivity index (χ2n) is 7.88. The van der Waals surface area contributed by atoms with E-state index in [0.29, 0.717) is 13.0 Å². The van der Waals surface area contributed by atoms with Crippen LogP contribution in [0.15, 0.2) is 22.7 Å². The normalized spacial score (nSPS) is 16.6. The molecule has 0 aromatic heterocycles. The third-order valence-corrected chi connectivity index (χ3v) is 4.80. The van der Waals surface area contributed by atoms with Crippen molar-refractivity contribution < 1.29 is 19.1 Å². The molecule has 0 aliphatic carbocycles. The molecule has 8 heteroatoms. The van der Waals surface area contributed by atoms with E-state index in [1.165, 1.54) is 4.90 Å². The van der Waals surface area contributed by atoms with Gasteiger partial charge in [0.05, 0.1) is 0 Å². The SMILES string of the molecule is Cc1ccc(Br)cc1NC(=O)CCNC(=O)C1CCCN1C(=O)OC(C)(C)C. The third kappa shape index (κ3) is 6.51. The predicted molar refractivity (Wildman–Crippen MR) is 111 cm³/mol. The minimum atomic E-state index is -0.608. The van der Waals surface area contributed by atoms with Crippen molar-refractivity contribution in [1.82, 2.24) is 10.2 Å². The first-order valence-electron chi connectivity index (χ1n) is 9.40. The van der Waals surface area contributed by atoms with Gasteiger partial charge in [0.2, 0.25) is 11.8 Å². The molecule has 0 bridgehead atoms. The van der Waals surface area contributed by atoms with Crippen molar-refractivity contribution in [2.24, 2.45) is 0 Å². The number of ether oxygens (including phenoxy) is 1. The quantitative estimate of drug-likeness (QED) is 0.712. The molecule has 1 aromatic carbocycles. The number of carbonyl (C=O) groups excluding carboxylic acids is 3. The third-order valence-electron chi connectivity index (χ3n) is 4.31. The zero-order valence-corrected chi connectivity index (χ0v) is 18.4. The molecule has 7 nitrogen and oxygen atoms in total. The number of benzene rings is 1. The van der Waals surface area contributed by atoms with Gasteiger partial charge in [0.1, 0.15) is 11.6 Å². The molecule has 0 radical (unpaired) electrons. The molecule has 1 heterocycles. The van der Waals surface area contributed by atoms with E-state index < -0.39 is 17.7 Å². The van der Waals surface area contributed by atoms with Crippen LogP contribution in [0, 0.1) is 6.92 Å². The van der Waals surface area contributed by atoms with Crippen LogP contribution in [0.25, 0.3) is 0 Å². The molecule has 1 aliphatic heterocycles. The Hall–Kier alpha value is -2.09. The number of anilines is 1. The van der Waals surface area contributed by atoms with E-state index >= 15 is 0 Å². The number of hydrogen-bond acceptors (Lipinski definition) is 4. The molecular formula is C20H28BrN3O4. The average molecular weight is 454 g/mol. The molecule has 1 aliphatic rings. The first kappa shape index (κ1) is 22.2. The number of carbonyl (C=O) groups is 3. The maximum atomic E-state index is 12.5. The van der Waals surface area contributed by atoms with Crippen LogP contribution in [0.5, 0.6) is 0 Å². The van der Waals surface area contributed by atoms with Gasteiger partial charge < -0.3 is 15.4 Å². The van der Waals surface area contributed by atoms with Crippen molar-refractivity contribution in [3.63, 3.8) is 0 Å². The molecule has 1 saturated heterocycles. The molecular weight excluding hydrogens is 426 g/mol. The molecule has 0 saturated carbocycles. The van der Waals surface area contributed by atoms with Crippen LogP contribution in [-0.4, -0.2) is 47.5 Å². The van der Waals surface area contributed by atoms with Crippen LogP contribution in [0.2, 0.25) is 0 Å². The number of likely N-dealkylation sites (tertiary alicyclic amines) is 1.